The lowest BCUT2D eigenvalue weighted by molar-refractivity contribution is -0.253. The van der Waals surface area contributed by atoms with Gasteiger partial charge in [0.25, 0.3) is 0 Å². The number of ether oxygens (including phenoxy) is 4. The molecule has 2 heterocycles. The van der Waals surface area contributed by atoms with Crippen molar-refractivity contribution in [3.63, 3.8) is 0 Å². The van der Waals surface area contributed by atoms with Gasteiger partial charge in [0.1, 0.15) is 6.04 Å². The zero-order valence-electron chi connectivity index (χ0n) is 32.4. The van der Waals surface area contributed by atoms with Crippen molar-refractivity contribution in [2.75, 3.05) is 32.6 Å². The van der Waals surface area contributed by atoms with Crippen LogP contribution in [-0.2, 0) is 50.3 Å². The Kier molecular flexibility index (Phi) is 12.7. The normalized spacial score (nSPS) is 19.0. The van der Waals surface area contributed by atoms with Gasteiger partial charge in [-0.25, -0.2) is 8.42 Å². The molecule has 0 spiro atoms. The highest BCUT2D eigenvalue weighted by atomic mass is 32.2. The summed E-state index contributed by atoms with van der Waals surface area (Å²) in [5.41, 5.74) is 7.12. The van der Waals surface area contributed by atoms with E-state index in [0.717, 1.165) is 47.5 Å². The first-order valence-corrected chi connectivity index (χ1v) is 20.6. The van der Waals surface area contributed by atoms with Crippen LogP contribution in [0.25, 0.3) is 0 Å². The standard InChI is InChI=1S/C45H49N3O8S/c1-30-12-18-39(19-13-30)57(51,52)47-40(22-31-8-5-4-6-9-31)44(50)46-37-11-7-10-35(23-37)45-55-38(26-41(56-45)33-16-14-32(29-49)15-17-33)28-48-21-20-34-24-42(53-2)43(54-3)25-36(34)27-48/h4-19,23-25,38,40-41,45,47,49H,20-22,26-29H2,1-3H3,(H,46,50)/t38-,40+,41+,45+/m0/s1. The molecule has 0 aliphatic carbocycles. The zero-order valence-corrected chi connectivity index (χ0v) is 33.2. The summed E-state index contributed by atoms with van der Waals surface area (Å²) < 4.78 is 54.1. The van der Waals surface area contributed by atoms with Crippen molar-refractivity contribution in [3.05, 3.63) is 154 Å². The lowest BCUT2D eigenvalue weighted by Crippen LogP contribution is -2.45. The number of methoxy groups -OCH3 is 2. The predicted molar refractivity (Wildman–Crippen MR) is 217 cm³/mol. The van der Waals surface area contributed by atoms with E-state index in [-0.39, 0.29) is 30.1 Å². The number of nitrogens with one attached hydrogen (secondary N) is 2. The second kappa shape index (κ2) is 18.0. The number of rotatable bonds is 14. The van der Waals surface area contributed by atoms with Crippen molar-refractivity contribution in [3.8, 4) is 11.5 Å². The third kappa shape index (κ3) is 9.90. The predicted octanol–water partition coefficient (Wildman–Crippen LogP) is 6.64. The van der Waals surface area contributed by atoms with Crippen LogP contribution in [0.4, 0.5) is 5.69 Å². The number of nitrogens with zero attached hydrogens (tertiary/aromatic N) is 1. The highest BCUT2D eigenvalue weighted by Crippen LogP contribution is 2.40. The van der Waals surface area contributed by atoms with Crippen molar-refractivity contribution >= 4 is 21.6 Å². The summed E-state index contributed by atoms with van der Waals surface area (Å²) in [4.78, 5) is 16.4. The molecule has 0 radical (unpaired) electrons. The lowest BCUT2D eigenvalue weighted by atomic mass is 9.97. The molecular weight excluding hydrogens is 743 g/mol. The molecule has 57 heavy (non-hydrogen) atoms. The number of hydrogen-bond donors (Lipinski definition) is 3. The molecule has 4 atom stereocenters. The van der Waals surface area contributed by atoms with Gasteiger partial charge in [0.2, 0.25) is 15.9 Å². The van der Waals surface area contributed by atoms with E-state index < -0.39 is 28.3 Å². The zero-order chi connectivity index (χ0) is 39.9. The van der Waals surface area contributed by atoms with Gasteiger partial charge < -0.3 is 29.4 Å². The number of sulfonamides is 1. The molecule has 7 rings (SSSR count). The fourth-order valence-corrected chi connectivity index (χ4v) is 8.62. The van der Waals surface area contributed by atoms with Gasteiger partial charge in [-0.05, 0) is 84.0 Å². The summed E-state index contributed by atoms with van der Waals surface area (Å²) in [6.45, 7) is 4.08. The molecule has 1 saturated heterocycles. The number of aliphatic hydroxyl groups is 1. The van der Waals surface area contributed by atoms with Crippen molar-refractivity contribution in [2.24, 2.45) is 0 Å². The minimum absolute atomic E-state index is 0.0502. The number of hydrogen-bond acceptors (Lipinski definition) is 9. The molecule has 0 saturated carbocycles. The van der Waals surface area contributed by atoms with Gasteiger partial charge in [0, 0.05) is 37.3 Å². The monoisotopic (exact) mass is 791 g/mol. The van der Waals surface area contributed by atoms with Gasteiger partial charge in [0.05, 0.1) is 37.9 Å². The van der Waals surface area contributed by atoms with E-state index in [1.54, 1.807) is 32.4 Å². The number of aryl methyl sites for hydroxylation is 1. The van der Waals surface area contributed by atoms with E-state index in [1.165, 1.54) is 23.3 Å². The van der Waals surface area contributed by atoms with Crippen molar-refractivity contribution in [1.82, 2.24) is 9.62 Å². The second-order valence-electron chi connectivity index (χ2n) is 14.6. The van der Waals surface area contributed by atoms with Crippen LogP contribution in [0.2, 0.25) is 0 Å². The largest absolute Gasteiger partial charge is 0.493 e. The molecule has 2 aliphatic rings. The van der Waals surface area contributed by atoms with Crippen LogP contribution in [0.5, 0.6) is 11.5 Å². The number of fused-ring (bicyclic) bond motifs is 1. The van der Waals surface area contributed by atoms with E-state index >= 15 is 0 Å². The van der Waals surface area contributed by atoms with E-state index in [0.29, 0.717) is 30.0 Å². The Morgan fingerprint density at radius 3 is 2.26 bits per heavy atom. The second-order valence-corrected chi connectivity index (χ2v) is 16.3. The molecule has 2 aliphatic heterocycles. The Hall–Kier alpha value is -5.08. The van der Waals surface area contributed by atoms with Crippen LogP contribution in [0.1, 0.15) is 57.8 Å². The number of benzene rings is 5. The molecule has 0 unspecified atom stereocenters. The topological polar surface area (TPSA) is 136 Å². The highest BCUT2D eigenvalue weighted by Gasteiger charge is 2.34. The average molecular weight is 792 g/mol. The molecule has 298 valence electrons. The Morgan fingerprint density at radius 2 is 1.56 bits per heavy atom. The van der Waals surface area contributed by atoms with E-state index in [2.05, 4.69) is 27.1 Å². The molecule has 5 aromatic rings. The Labute approximate surface area is 334 Å². The maximum absolute atomic E-state index is 14.0. The SMILES string of the molecule is COc1cc2c(cc1OC)CN(C[C@@H]1C[C@H](c3ccc(CO)cc3)O[C@H](c3cccc(NC(=O)[C@@H](Cc4ccccc4)NS(=O)(=O)c4ccc(C)cc4)c3)O1)CC2. The first-order chi connectivity index (χ1) is 27.6. The van der Waals surface area contributed by atoms with Gasteiger partial charge in [0.15, 0.2) is 17.8 Å². The quantitative estimate of drug-likeness (QED) is 0.113. The third-order valence-electron chi connectivity index (χ3n) is 10.5. The van der Waals surface area contributed by atoms with Crippen LogP contribution in [-0.4, -0.2) is 63.8 Å². The van der Waals surface area contributed by atoms with Crippen molar-refractivity contribution in [2.45, 2.75) is 68.8 Å². The van der Waals surface area contributed by atoms with Crippen LogP contribution in [0.3, 0.4) is 0 Å². The number of carbonyl (C=O) groups is 1. The average Bonchev–Trinajstić information content (AvgIpc) is 3.23. The molecule has 3 N–H and O–H groups in total. The number of carbonyl (C=O) groups excluding carboxylic acids is 1. The van der Waals surface area contributed by atoms with Gasteiger partial charge in [-0.3, -0.25) is 9.69 Å². The maximum Gasteiger partial charge on any atom is 0.242 e. The van der Waals surface area contributed by atoms with Crippen LogP contribution >= 0.6 is 0 Å². The summed E-state index contributed by atoms with van der Waals surface area (Å²) in [5.74, 6) is 0.925. The molecular formula is C45H49N3O8S. The first-order valence-electron chi connectivity index (χ1n) is 19.1. The number of anilines is 1. The van der Waals surface area contributed by atoms with Gasteiger partial charge >= 0.3 is 0 Å². The molecule has 1 fully saturated rings. The van der Waals surface area contributed by atoms with E-state index in [1.807, 2.05) is 79.7 Å². The summed E-state index contributed by atoms with van der Waals surface area (Å²) in [6.07, 6.45) is 0.368. The first kappa shape index (κ1) is 40.1. The third-order valence-corrected chi connectivity index (χ3v) is 12.0. The minimum atomic E-state index is -4.02. The fraction of sp³-hybridized carbons (Fsp3) is 0.311. The maximum atomic E-state index is 14.0. The molecule has 12 heteroatoms. The molecule has 11 nitrogen and oxygen atoms in total. The Bertz CT molecular complexity index is 2250. The van der Waals surface area contributed by atoms with Crippen molar-refractivity contribution < 1.29 is 37.3 Å². The molecule has 0 aromatic heterocycles. The van der Waals surface area contributed by atoms with Crippen LogP contribution in [0.15, 0.2) is 120 Å². The Balaban J connectivity index is 1.11. The molecule has 1 amide bonds. The fourth-order valence-electron chi connectivity index (χ4n) is 7.42. The van der Waals surface area contributed by atoms with E-state index in [9.17, 15) is 18.3 Å². The van der Waals surface area contributed by atoms with Gasteiger partial charge in [-0.2, -0.15) is 4.72 Å². The summed E-state index contributed by atoms with van der Waals surface area (Å²) in [5, 5.41) is 12.6. The van der Waals surface area contributed by atoms with Crippen LogP contribution in [0, 0.1) is 6.92 Å². The van der Waals surface area contributed by atoms with E-state index in [4.69, 9.17) is 18.9 Å². The highest BCUT2D eigenvalue weighted by molar-refractivity contribution is 7.89. The number of amides is 1. The molecule has 5 aromatic carbocycles. The summed E-state index contributed by atoms with van der Waals surface area (Å²) >= 11 is 0. The summed E-state index contributed by atoms with van der Waals surface area (Å²) in [7, 11) is -0.725. The molecule has 0 bridgehead atoms. The minimum Gasteiger partial charge on any atom is -0.493 e. The summed E-state index contributed by atoms with van der Waals surface area (Å²) in [6, 6.07) is 33.9. The lowest BCUT2D eigenvalue weighted by Gasteiger charge is -2.39. The Morgan fingerprint density at radius 1 is 0.842 bits per heavy atom. The van der Waals surface area contributed by atoms with Crippen molar-refractivity contribution in [1.29, 1.82) is 0 Å². The van der Waals surface area contributed by atoms with Crippen LogP contribution < -0.4 is 19.5 Å². The van der Waals surface area contributed by atoms with Gasteiger partial charge in [-0.1, -0.05) is 84.4 Å². The van der Waals surface area contributed by atoms with Gasteiger partial charge in [-0.15, -0.1) is 0 Å². The smallest absolute Gasteiger partial charge is 0.242 e. The number of aliphatic hydroxyl groups excluding tert-OH is 1.